The highest BCUT2D eigenvalue weighted by molar-refractivity contribution is 5.70. The SMILES string of the molecule is CC.COc1cc(/C=C/c2ccccc2)cc(OC)c1. The molecule has 0 aliphatic heterocycles. The molecular weight excluding hydrogens is 248 g/mol. The molecule has 0 bridgehead atoms. The lowest BCUT2D eigenvalue weighted by atomic mass is 10.1. The molecule has 2 aromatic rings. The Kier molecular flexibility index (Phi) is 6.97. The lowest BCUT2D eigenvalue weighted by Crippen LogP contribution is -1.88. The van der Waals surface area contributed by atoms with Crippen LogP contribution < -0.4 is 9.47 Å². The Labute approximate surface area is 121 Å². The van der Waals surface area contributed by atoms with E-state index in [0.29, 0.717) is 0 Å². The third kappa shape index (κ3) is 4.81. The maximum absolute atomic E-state index is 5.24. The molecule has 0 amide bonds. The van der Waals surface area contributed by atoms with Crippen molar-refractivity contribution in [3.05, 3.63) is 59.7 Å². The fourth-order valence-corrected chi connectivity index (χ4v) is 1.68. The zero-order valence-corrected chi connectivity index (χ0v) is 12.6. The molecule has 0 spiro atoms. The molecule has 0 aromatic heterocycles. The Morgan fingerprint density at radius 1 is 0.700 bits per heavy atom. The molecule has 0 N–H and O–H groups in total. The van der Waals surface area contributed by atoms with Crippen molar-refractivity contribution in [2.45, 2.75) is 13.8 Å². The molecule has 0 radical (unpaired) electrons. The Morgan fingerprint density at radius 2 is 1.20 bits per heavy atom. The van der Waals surface area contributed by atoms with E-state index in [1.165, 1.54) is 5.56 Å². The number of benzene rings is 2. The van der Waals surface area contributed by atoms with Crippen molar-refractivity contribution in [2.75, 3.05) is 14.2 Å². The van der Waals surface area contributed by atoms with Crippen molar-refractivity contribution < 1.29 is 9.47 Å². The fourth-order valence-electron chi connectivity index (χ4n) is 1.68. The summed E-state index contributed by atoms with van der Waals surface area (Å²) in [5.74, 6) is 1.59. The molecule has 0 atom stereocenters. The summed E-state index contributed by atoms with van der Waals surface area (Å²) in [7, 11) is 3.30. The Balaban J connectivity index is 0.000000956. The summed E-state index contributed by atoms with van der Waals surface area (Å²) < 4.78 is 10.5. The van der Waals surface area contributed by atoms with Gasteiger partial charge in [-0.1, -0.05) is 56.3 Å². The molecule has 106 valence electrons. The van der Waals surface area contributed by atoms with E-state index in [1.807, 2.05) is 56.3 Å². The predicted molar refractivity (Wildman–Crippen MR) is 86.3 cm³/mol. The van der Waals surface area contributed by atoms with Gasteiger partial charge in [-0.3, -0.25) is 0 Å². The van der Waals surface area contributed by atoms with Gasteiger partial charge in [-0.15, -0.1) is 0 Å². The molecule has 0 saturated carbocycles. The van der Waals surface area contributed by atoms with Crippen LogP contribution in [-0.4, -0.2) is 14.2 Å². The highest BCUT2D eigenvalue weighted by Gasteiger charge is 1.99. The summed E-state index contributed by atoms with van der Waals surface area (Å²) in [5, 5.41) is 0. The molecule has 2 rings (SSSR count). The molecule has 20 heavy (non-hydrogen) atoms. The van der Waals surface area contributed by atoms with E-state index in [4.69, 9.17) is 9.47 Å². The third-order valence-corrected chi connectivity index (χ3v) is 2.64. The van der Waals surface area contributed by atoms with Gasteiger partial charge in [-0.2, -0.15) is 0 Å². The van der Waals surface area contributed by atoms with Crippen LogP contribution in [0, 0.1) is 0 Å². The van der Waals surface area contributed by atoms with Crippen molar-refractivity contribution in [3.8, 4) is 11.5 Å². The van der Waals surface area contributed by atoms with Crippen LogP contribution in [0.1, 0.15) is 25.0 Å². The van der Waals surface area contributed by atoms with E-state index in [9.17, 15) is 0 Å². The average Bonchev–Trinajstić information content (AvgIpc) is 2.55. The minimum Gasteiger partial charge on any atom is -0.497 e. The summed E-state index contributed by atoms with van der Waals surface area (Å²) in [5.41, 5.74) is 2.22. The van der Waals surface area contributed by atoms with Crippen molar-refractivity contribution in [2.24, 2.45) is 0 Å². The van der Waals surface area contributed by atoms with Gasteiger partial charge in [0.2, 0.25) is 0 Å². The summed E-state index contributed by atoms with van der Waals surface area (Å²) in [6.45, 7) is 4.00. The Bertz CT molecular complexity index is 508. The zero-order valence-electron chi connectivity index (χ0n) is 12.6. The van der Waals surface area contributed by atoms with Crippen molar-refractivity contribution in [1.82, 2.24) is 0 Å². The molecule has 0 aliphatic rings. The normalized spacial score (nSPS) is 9.80. The molecule has 0 saturated heterocycles. The third-order valence-electron chi connectivity index (χ3n) is 2.64. The first-order chi connectivity index (χ1) is 9.81. The molecule has 0 fully saturated rings. The molecule has 0 aliphatic carbocycles. The second-order valence-corrected chi connectivity index (χ2v) is 3.89. The maximum atomic E-state index is 5.24. The number of hydrogen-bond donors (Lipinski definition) is 0. The van der Waals surface area contributed by atoms with Gasteiger partial charge in [0.05, 0.1) is 14.2 Å². The number of hydrogen-bond acceptors (Lipinski definition) is 2. The maximum Gasteiger partial charge on any atom is 0.123 e. The van der Waals surface area contributed by atoms with Crippen LogP contribution in [0.2, 0.25) is 0 Å². The van der Waals surface area contributed by atoms with Gasteiger partial charge in [0.25, 0.3) is 0 Å². The topological polar surface area (TPSA) is 18.5 Å². The first-order valence-electron chi connectivity index (χ1n) is 6.78. The molecule has 2 aromatic carbocycles. The standard InChI is InChI=1S/C16H16O2.C2H6/c1-17-15-10-14(11-16(12-15)18-2)9-8-13-6-4-3-5-7-13;1-2/h3-12H,1-2H3;1-2H3/b9-8+;. The van der Waals surface area contributed by atoms with Gasteiger partial charge in [0.15, 0.2) is 0 Å². The minimum atomic E-state index is 0.794. The van der Waals surface area contributed by atoms with E-state index in [1.54, 1.807) is 14.2 Å². The van der Waals surface area contributed by atoms with Gasteiger partial charge >= 0.3 is 0 Å². The van der Waals surface area contributed by atoms with E-state index >= 15 is 0 Å². The molecular formula is C18H22O2. The smallest absolute Gasteiger partial charge is 0.123 e. The van der Waals surface area contributed by atoms with Gasteiger partial charge in [0, 0.05) is 6.07 Å². The summed E-state index contributed by atoms with van der Waals surface area (Å²) >= 11 is 0. The summed E-state index contributed by atoms with van der Waals surface area (Å²) in [6, 6.07) is 16.0. The molecule has 2 nitrogen and oxygen atoms in total. The second kappa shape index (κ2) is 8.81. The average molecular weight is 270 g/mol. The quantitative estimate of drug-likeness (QED) is 0.736. The second-order valence-electron chi connectivity index (χ2n) is 3.89. The molecule has 0 heterocycles. The molecule has 2 heteroatoms. The van der Waals surface area contributed by atoms with Crippen LogP contribution in [-0.2, 0) is 0 Å². The van der Waals surface area contributed by atoms with Crippen LogP contribution >= 0.6 is 0 Å². The minimum absolute atomic E-state index is 0.794. The first-order valence-corrected chi connectivity index (χ1v) is 6.78. The summed E-state index contributed by atoms with van der Waals surface area (Å²) in [6.07, 6.45) is 4.11. The van der Waals surface area contributed by atoms with Crippen molar-refractivity contribution in [1.29, 1.82) is 0 Å². The van der Waals surface area contributed by atoms with Crippen LogP contribution in [0.25, 0.3) is 12.2 Å². The van der Waals surface area contributed by atoms with E-state index in [0.717, 1.165) is 17.1 Å². The van der Waals surface area contributed by atoms with Crippen LogP contribution in [0.3, 0.4) is 0 Å². The van der Waals surface area contributed by atoms with Crippen LogP contribution in [0.15, 0.2) is 48.5 Å². The van der Waals surface area contributed by atoms with Gasteiger partial charge in [-0.25, -0.2) is 0 Å². The largest absolute Gasteiger partial charge is 0.497 e. The Hall–Kier alpha value is -2.22. The lowest BCUT2D eigenvalue weighted by molar-refractivity contribution is 0.394. The van der Waals surface area contributed by atoms with E-state index in [2.05, 4.69) is 18.2 Å². The number of rotatable bonds is 4. The van der Waals surface area contributed by atoms with Gasteiger partial charge in [0.1, 0.15) is 11.5 Å². The number of methoxy groups -OCH3 is 2. The van der Waals surface area contributed by atoms with E-state index in [-0.39, 0.29) is 0 Å². The van der Waals surface area contributed by atoms with Crippen LogP contribution in [0.5, 0.6) is 11.5 Å². The van der Waals surface area contributed by atoms with Gasteiger partial charge < -0.3 is 9.47 Å². The summed E-state index contributed by atoms with van der Waals surface area (Å²) in [4.78, 5) is 0. The lowest BCUT2D eigenvalue weighted by Gasteiger charge is -2.05. The fraction of sp³-hybridized carbons (Fsp3) is 0.222. The zero-order chi connectivity index (χ0) is 14.8. The Morgan fingerprint density at radius 3 is 1.70 bits per heavy atom. The number of ether oxygens (including phenoxy) is 2. The van der Waals surface area contributed by atoms with Crippen molar-refractivity contribution >= 4 is 12.2 Å². The predicted octanol–water partition coefficient (Wildman–Crippen LogP) is 4.90. The monoisotopic (exact) mass is 270 g/mol. The van der Waals surface area contributed by atoms with Crippen LogP contribution in [0.4, 0.5) is 0 Å². The molecule has 0 unspecified atom stereocenters. The van der Waals surface area contributed by atoms with Crippen molar-refractivity contribution in [3.63, 3.8) is 0 Å². The highest BCUT2D eigenvalue weighted by atomic mass is 16.5. The first kappa shape index (κ1) is 15.8. The van der Waals surface area contributed by atoms with E-state index < -0.39 is 0 Å². The highest BCUT2D eigenvalue weighted by Crippen LogP contribution is 2.23. The van der Waals surface area contributed by atoms with Gasteiger partial charge in [-0.05, 0) is 23.3 Å².